The van der Waals surface area contributed by atoms with Gasteiger partial charge in [-0.1, -0.05) is 18.2 Å². The van der Waals surface area contributed by atoms with Crippen LogP contribution in [0.4, 0.5) is 15.8 Å². The molecule has 3 rings (SSSR count). The van der Waals surface area contributed by atoms with Gasteiger partial charge in [-0.2, -0.15) is 0 Å². The zero-order valence-corrected chi connectivity index (χ0v) is 15.5. The van der Waals surface area contributed by atoms with Crippen LogP contribution in [0.2, 0.25) is 0 Å². The highest BCUT2D eigenvalue weighted by molar-refractivity contribution is 5.94. The van der Waals surface area contributed by atoms with Gasteiger partial charge in [-0.05, 0) is 43.2 Å². The Balaban J connectivity index is 1.55. The Morgan fingerprint density at radius 2 is 1.78 bits per heavy atom. The highest BCUT2D eigenvalue weighted by atomic mass is 19.1. The number of nitrogens with zero attached hydrogens (tertiary/aromatic N) is 2. The molecule has 1 saturated heterocycles. The predicted molar refractivity (Wildman–Crippen MR) is 104 cm³/mol. The van der Waals surface area contributed by atoms with Crippen molar-refractivity contribution in [3.8, 4) is 0 Å². The van der Waals surface area contributed by atoms with Crippen molar-refractivity contribution in [3.05, 3.63) is 59.4 Å². The molecule has 0 aromatic heterocycles. The molecule has 1 amide bonds. The van der Waals surface area contributed by atoms with Crippen LogP contribution in [0, 0.1) is 5.82 Å². The molecule has 6 heteroatoms. The SMILES string of the molecule is CC(=O)c1ccc(N2CCN(C(=O)CCc3ccccc3N)CC2)c(F)c1. The standard InChI is InChI=1S/C21H24FN3O2/c1-15(26)17-6-8-20(18(22)14-17)24-10-12-25(13-11-24)21(27)9-7-16-4-2-3-5-19(16)23/h2-6,8,14H,7,9-13,23H2,1H3. The van der Waals surface area contributed by atoms with E-state index in [1.165, 1.54) is 13.0 Å². The van der Waals surface area contributed by atoms with Gasteiger partial charge >= 0.3 is 0 Å². The maximum absolute atomic E-state index is 14.3. The molecule has 1 heterocycles. The summed E-state index contributed by atoms with van der Waals surface area (Å²) in [5.74, 6) is -0.470. The number of hydrogen-bond acceptors (Lipinski definition) is 4. The maximum atomic E-state index is 14.3. The topological polar surface area (TPSA) is 66.6 Å². The fraction of sp³-hybridized carbons (Fsp3) is 0.333. The summed E-state index contributed by atoms with van der Waals surface area (Å²) in [5.41, 5.74) is 8.46. The number of nitrogens with two attached hydrogens (primary N) is 1. The zero-order chi connectivity index (χ0) is 19.4. The quantitative estimate of drug-likeness (QED) is 0.650. The molecule has 2 aromatic rings. The molecule has 0 spiro atoms. The Kier molecular flexibility index (Phi) is 5.74. The van der Waals surface area contributed by atoms with E-state index in [9.17, 15) is 14.0 Å². The summed E-state index contributed by atoms with van der Waals surface area (Å²) in [6.45, 7) is 3.65. The maximum Gasteiger partial charge on any atom is 0.223 e. The predicted octanol–water partition coefficient (Wildman–Crippen LogP) is 2.89. The van der Waals surface area contributed by atoms with Crippen LogP contribution < -0.4 is 10.6 Å². The molecular weight excluding hydrogens is 345 g/mol. The molecule has 0 unspecified atom stereocenters. The summed E-state index contributed by atoms with van der Waals surface area (Å²) in [7, 11) is 0. The summed E-state index contributed by atoms with van der Waals surface area (Å²) in [6, 6.07) is 12.1. The first kappa shape index (κ1) is 18.9. The Morgan fingerprint density at radius 3 is 2.41 bits per heavy atom. The average Bonchev–Trinajstić information content (AvgIpc) is 2.67. The number of benzene rings is 2. The highest BCUT2D eigenvalue weighted by Gasteiger charge is 2.23. The molecule has 142 valence electrons. The summed E-state index contributed by atoms with van der Waals surface area (Å²) < 4.78 is 14.3. The monoisotopic (exact) mass is 369 g/mol. The molecule has 2 N–H and O–H groups in total. The molecule has 2 aromatic carbocycles. The van der Waals surface area contributed by atoms with E-state index in [4.69, 9.17) is 5.73 Å². The minimum absolute atomic E-state index is 0.0882. The lowest BCUT2D eigenvalue weighted by Gasteiger charge is -2.36. The second-order valence-electron chi connectivity index (χ2n) is 6.79. The van der Waals surface area contributed by atoms with Gasteiger partial charge in [-0.25, -0.2) is 4.39 Å². The normalized spacial score (nSPS) is 14.3. The molecule has 0 radical (unpaired) electrons. The molecule has 1 aliphatic heterocycles. The van der Waals surface area contributed by atoms with Crippen molar-refractivity contribution < 1.29 is 14.0 Å². The van der Waals surface area contributed by atoms with Crippen LogP contribution >= 0.6 is 0 Å². The van der Waals surface area contributed by atoms with Crippen molar-refractivity contribution in [1.29, 1.82) is 0 Å². The van der Waals surface area contributed by atoms with E-state index in [1.54, 1.807) is 12.1 Å². The minimum Gasteiger partial charge on any atom is -0.399 e. The third-order valence-corrected chi connectivity index (χ3v) is 4.99. The summed E-state index contributed by atoms with van der Waals surface area (Å²) >= 11 is 0. The van der Waals surface area contributed by atoms with Crippen LogP contribution in [0.3, 0.4) is 0 Å². The Labute approximate surface area is 158 Å². The van der Waals surface area contributed by atoms with Crippen LogP contribution in [0.5, 0.6) is 0 Å². The number of rotatable bonds is 5. The average molecular weight is 369 g/mol. The lowest BCUT2D eigenvalue weighted by molar-refractivity contribution is -0.131. The van der Waals surface area contributed by atoms with Crippen molar-refractivity contribution in [2.75, 3.05) is 36.8 Å². The first-order valence-corrected chi connectivity index (χ1v) is 9.12. The minimum atomic E-state index is -0.401. The number of para-hydroxylation sites is 1. The Hall–Kier alpha value is -2.89. The highest BCUT2D eigenvalue weighted by Crippen LogP contribution is 2.23. The molecule has 0 bridgehead atoms. The van der Waals surface area contributed by atoms with Crippen LogP contribution in [-0.4, -0.2) is 42.8 Å². The number of halogens is 1. The van der Waals surface area contributed by atoms with Crippen molar-refractivity contribution >= 4 is 23.1 Å². The van der Waals surface area contributed by atoms with E-state index in [2.05, 4.69) is 0 Å². The van der Waals surface area contributed by atoms with Gasteiger partial charge in [0.2, 0.25) is 5.91 Å². The molecular formula is C21H24FN3O2. The van der Waals surface area contributed by atoms with Gasteiger partial charge in [0.05, 0.1) is 5.69 Å². The number of amides is 1. The van der Waals surface area contributed by atoms with Crippen LogP contribution in [-0.2, 0) is 11.2 Å². The number of aryl methyl sites for hydroxylation is 1. The third-order valence-electron chi connectivity index (χ3n) is 4.99. The van der Waals surface area contributed by atoms with E-state index < -0.39 is 5.82 Å². The molecule has 0 saturated carbocycles. The second kappa shape index (κ2) is 8.20. The van der Waals surface area contributed by atoms with Gasteiger partial charge in [0.15, 0.2) is 5.78 Å². The van der Waals surface area contributed by atoms with Crippen LogP contribution in [0.25, 0.3) is 0 Å². The fourth-order valence-electron chi connectivity index (χ4n) is 3.34. The molecule has 27 heavy (non-hydrogen) atoms. The van der Waals surface area contributed by atoms with Crippen LogP contribution in [0.1, 0.15) is 29.3 Å². The lowest BCUT2D eigenvalue weighted by atomic mass is 10.1. The van der Waals surface area contributed by atoms with Crippen molar-refractivity contribution in [2.45, 2.75) is 19.8 Å². The van der Waals surface area contributed by atoms with E-state index in [-0.39, 0.29) is 11.7 Å². The summed E-state index contributed by atoms with van der Waals surface area (Å²) in [4.78, 5) is 27.6. The first-order valence-electron chi connectivity index (χ1n) is 9.12. The fourth-order valence-corrected chi connectivity index (χ4v) is 3.34. The Morgan fingerprint density at radius 1 is 1.07 bits per heavy atom. The third kappa shape index (κ3) is 4.45. The summed E-state index contributed by atoms with van der Waals surface area (Å²) in [6.07, 6.45) is 1.03. The molecule has 0 atom stereocenters. The van der Waals surface area contributed by atoms with Gasteiger partial charge in [0, 0.05) is 43.9 Å². The van der Waals surface area contributed by atoms with E-state index in [0.717, 1.165) is 5.56 Å². The number of Topliss-reactive ketones (excluding diaryl/α,β-unsaturated/α-hetero) is 1. The summed E-state index contributed by atoms with van der Waals surface area (Å²) in [5, 5.41) is 0. The first-order chi connectivity index (χ1) is 13.0. The zero-order valence-electron chi connectivity index (χ0n) is 15.5. The van der Waals surface area contributed by atoms with Crippen molar-refractivity contribution in [3.63, 3.8) is 0 Å². The largest absolute Gasteiger partial charge is 0.399 e. The smallest absolute Gasteiger partial charge is 0.223 e. The number of hydrogen-bond donors (Lipinski definition) is 1. The van der Waals surface area contributed by atoms with Gasteiger partial charge < -0.3 is 15.5 Å². The van der Waals surface area contributed by atoms with Crippen LogP contribution in [0.15, 0.2) is 42.5 Å². The number of ketones is 1. The van der Waals surface area contributed by atoms with E-state index >= 15 is 0 Å². The molecule has 0 aliphatic carbocycles. The molecule has 1 aliphatic rings. The van der Waals surface area contributed by atoms with Gasteiger partial charge in [0.25, 0.3) is 0 Å². The van der Waals surface area contributed by atoms with Crippen molar-refractivity contribution in [2.24, 2.45) is 0 Å². The lowest BCUT2D eigenvalue weighted by Crippen LogP contribution is -2.49. The van der Waals surface area contributed by atoms with E-state index in [1.807, 2.05) is 34.1 Å². The number of carbonyl (C=O) groups is 2. The number of piperazine rings is 1. The van der Waals surface area contributed by atoms with Gasteiger partial charge in [-0.15, -0.1) is 0 Å². The molecule has 1 fully saturated rings. The Bertz CT molecular complexity index is 845. The number of nitrogen functional groups attached to an aromatic ring is 1. The molecule has 5 nitrogen and oxygen atoms in total. The van der Waals surface area contributed by atoms with Gasteiger partial charge in [-0.3, -0.25) is 9.59 Å². The van der Waals surface area contributed by atoms with E-state index in [0.29, 0.717) is 56.0 Å². The number of carbonyl (C=O) groups excluding carboxylic acids is 2. The second-order valence-corrected chi connectivity index (χ2v) is 6.79. The van der Waals surface area contributed by atoms with Crippen molar-refractivity contribution in [1.82, 2.24) is 4.90 Å². The number of anilines is 2. The van der Waals surface area contributed by atoms with Gasteiger partial charge in [0.1, 0.15) is 5.82 Å².